The first-order chi connectivity index (χ1) is 14.7. The highest BCUT2D eigenvalue weighted by molar-refractivity contribution is 5.84. The van der Waals surface area contributed by atoms with E-state index in [1.54, 1.807) is 6.20 Å². The Kier molecular flexibility index (Phi) is 4.81. The van der Waals surface area contributed by atoms with Crippen LogP contribution in [0.5, 0.6) is 0 Å². The first kappa shape index (κ1) is 18.2. The topological polar surface area (TPSA) is 81.4 Å². The van der Waals surface area contributed by atoms with Gasteiger partial charge in [0.1, 0.15) is 5.82 Å². The van der Waals surface area contributed by atoms with Gasteiger partial charge in [-0.3, -0.25) is 0 Å². The minimum absolute atomic E-state index is 0.620. The summed E-state index contributed by atoms with van der Waals surface area (Å²) in [6.45, 7) is 3.61. The van der Waals surface area contributed by atoms with Gasteiger partial charge in [0.05, 0.1) is 0 Å². The molecule has 3 aromatic heterocycles. The molecule has 5 aromatic rings. The standard InChI is InChI=1S/C24H24N6/c1-16-2-5-21-20(12-16)19(15-28-21)7-10-26-23-8-11-27-24(30-23)29-14-17-3-4-18-6-9-25-22(18)13-17/h2-6,8-9,11-13,15,25,28H,7,10,14H2,1H3,(H2,26,27,29,30). The second kappa shape index (κ2) is 7.91. The molecule has 6 nitrogen and oxygen atoms in total. The predicted molar refractivity (Wildman–Crippen MR) is 123 cm³/mol. The Bertz CT molecular complexity index is 1300. The fourth-order valence-corrected chi connectivity index (χ4v) is 3.75. The van der Waals surface area contributed by atoms with Gasteiger partial charge in [-0.2, -0.15) is 4.98 Å². The van der Waals surface area contributed by atoms with E-state index >= 15 is 0 Å². The molecule has 0 saturated carbocycles. The van der Waals surface area contributed by atoms with Crippen LogP contribution in [-0.4, -0.2) is 26.5 Å². The van der Waals surface area contributed by atoms with E-state index < -0.39 is 0 Å². The molecule has 0 spiro atoms. The minimum atomic E-state index is 0.620. The average Bonchev–Trinajstić information content (AvgIpc) is 3.39. The maximum atomic E-state index is 4.59. The molecule has 150 valence electrons. The Balaban J connectivity index is 1.19. The molecular formula is C24H24N6. The number of rotatable bonds is 7. The highest BCUT2D eigenvalue weighted by Crippen LogP contribution is 2.20. The molecule has 0 aliphatic carbocycles. The number of aromatic amines is 2. The summed E-state index contributed by atoms with van der Waals surface area (Å²) in [5.41, 5.74) is 6.09. The van der Waals surface area contributed by atoms with Gasteiger partial charge in [-0.1, -0.05) is 23.8 Å². The normalized spacial score (nSPS) is 11.2. The van der Waals surface area contributed by atoms with E-state index in [0.717, 1.165) is 24.3 Å². The summed E-state index contributed by atoms with van der Waals surface area (Å²) in [4.78, 5) is 15.5. The number of H-pyrrole nitrogens is 2. The summed E-state index contributed by atoms with van der Waals surface area (Å²) in [5, 5.41) is 9.23. The fourth-order valence-electron chi connectivity index (χ4n) is 3.75. The third-order valence-corrected chi connectivity index (χ3v) is 5.35. The van der Waals surface area contributed by atoms with Gasteiger partial charge >= 0.3 is 0 Å². The van der Waals surface area contributed by atoms with E-state index in [-0.39, 0.29) is 0 Å². The first-order valence-corrected chi connectivity index (χ1v) is 10.2. The third kappa shape index (κ3) is 3.85. The van der Waals surface area contributed by atoms with Gasteiger partial charge in [-0.25, -0.2) is 4.98 Å². The maximum absolute atomic E-state index is 4.59. The van der Waals surface area contributed by atoms with Crippen molar-refractivity contribution >= 4 is 33.6 Å². The Morgan fingerprint density at radius 2 is 1.90 bits per heavy atom. The highest BCUT2D eigenvalue weighted by Gasteiger charge is 2.05. The Morgan fingerprint density at radius 1 is 0.933 bits per heavy atom. The summed E-state index contributed by atoms with van der Waals surface area (Å²) in [5.74, 6) is 1.44. The molecule has 0 saturated heterocycles. The van der Waals surface area contributed by atoms with E-state index in [0.29, 0.717) is 12.5 Å². The lowest BCUT2D eigenvalue weighted by Gasteiger charge is -2.09. The van der Waals surface area contributed by atoms with E-state index in [4.69, 9.17) is 0 Å². The van der Waals surface area contributed by atoms with Gasteiger partial charge in [0.25, 0.3) is 0 Å². The largest absolute Gasteiger partial charge is 0.370 e. The van der Waals surface area contributed by atoms with Crippen molar-refractivity contribution in [1.29, 1.82) is 0 Å². The molecule has 2 aromatic carbocycles. The average molecular weight is 396 g/mol. The van der Waals surface area contributed by atoms with Crippen LogP contribution in [0.2, 0.25) is 0 Å². The summed E-state index contributed by atoms with van der Waals surface area (Å²) < 4.78 is 0. The van der Waals surface area contributed by atoms with Crippen LogP contribution >= 0.6 is 0 Å². The Labute approximate surface area is 174 Å². The summed E-state index contributed by atoms with van der Waals surface area (Å²) in [7, 11) is 0. The van der Waals surface area contributed by atoms with Crippen molar-refractivity contribution in [3.05, 3.63) is 83.8 Å². The second-order valence-electron chi connectivity index (χ2n) is 7.56. The summed E-state index contributed by atoms with van der Waals surface area (Å²) in [6.07, 6.45) is 6.75. The van der Waals surface area contributed by atoms with Gasteiger partial charge in [0.15, 0.2) is 0 Å². The van der Waals surface area contributed by atoms with Crippen LogP contribution < -0.4 is 10.6 Å². The molecule has 0 atom stereocenters. The second-order valence-corrected chi connectivity index (χ2v) is 7.56. The molecule has 0 radical (unpaired) electrons. The zero-order chi connectivity index (χ0) is 20.3. The van der Waals surface area contributed by atoms with Crippen molar-refractivity contribution in [2.75, 3.05) is 17.2 Å². The summed E-state index contributed by atoms with van der Waals surface area (Å²) >= 11 is 0. The molecule has 0 unspecified atom stereocenters. The number of hydrogen-bond acceptors (Lipinski definition) is 4. The summed E-state index contributed by atoms with van der Waals surface area (Å²) in [6, 6.07) is 16.9. The Hall–Kier alpha value is -3.80. The first-order valence-electron chi connectivity index (χ1n) is 10.2. The van der Waals surface area contributed by atoms with E-state index in [2.05, 4.69) is 86.2 Å². The van der Waals surface area contributed by atoms with Gasteiger partial charge < -0.3 is 20.6 Å². The van der Waals surface area contributed by atoms with E-state index in [9.17, 15) is 0 Å². The number of anilines is 2. The molecule has 5 rings (SSSR count). The van der Waals surface area contributed by atoms with Crippen LogP contribution in [0.3, 0.4) is 0 Å². The SMILES string of the molecule is Cc1ccc2[nH]cc(CCNc3ccnc(NCc4ccc5cc[nH]c5c4)n3)c2c1. The number of nitrogens with zero attached hydrogens (tertiary/aromatic N) is 2. The minimum Gasteiger partial charge on any atom is -0.370 e. The van der Waals surface area contributed by atoms with Crippen molar-refractivity contribution in [3.8, 4) is 0 Å². The van der Waals surface area contributed by atoms with Gasteiger partial charge in [0.2, 0.25) is 5.95 Å². The molecule has 3 heterocycles. The third-order valence-electron chi connectivity index (χ3n) is 5.35. The van der Waals surface area contributed by atoms with Crippen molar-refractivity contribution in [2.24, 2.45) is 0 Å². The van der Waals surface area contributed by atoms with Crippen LogP contribution in [-0.2, 0) is 13.0 Å². The maximum Gasteiger partial charge on any atom is 0.224 e. The van der Waals surface area contributed by atoms with E-state index in [1.807, 2.05) is 12.3 Å². The van der Waals surface area contributed by atoms with Crippen LogP contribution in [0.15, 0.2) is 67.1 Å². The number of aromatic nitrogens is 4. The molecular weight excluding hydrogens is 372 g/mol. The fraction of sp³-hybridized carbons (Fsp3) is 0.167. The van der Waals surface area contributed by atoms with Crippen molar-refractivity contribution in [2.45, 2.75) is 19.9 Å². The number of fused-ring (bicyclic) bond motifs is 2. The van der Waals surface area contributed by atoms with Crippen molar-refractivity contribution in [3.63, 3.8) is 0 Å². The number of benzene rings is 2. The molecule has 0 aliphatic rings. The van der Waals surface area contributed by atoms with Crippen molar-refractivity contribution < 1.29 is 0 Å². The Morgan fingerprint density at radius 3 is 2.87 bits per heavy atom. The van der Waals surface area contributed by atoms with Crippen LogP contribution in [0, 0.1) is 6.92 Å². The molecule has 0 aliphatic heterocycles. The van der Waals surface area contributed by atoms with Crippen molar-refractivity contribution in [1.82, 2.24) is 19.9 Å². The predicted octanol–water partition coefficient (Wildman–Crippen LogP) is 5.01. The molecule has 0 bridgehead atoms. The van der Waals surface area contributed by atoms with Crippen LogP contribution in [0.1, 0.15) is 16.7 Å². The molecule has 0 fully saturated rings. The lowest BCUT2D eigenvalue weighted by Crippen LogP contribution is -2.09. The zero-order valence-corrected chi connectivity index (χ0v) is 16.9. The van der Waals surface area contributed by atoms with Gasteiger partial charge in [-0.15, -0.1) is 0 Å². The van der Waals surface area contributed by atoms with Gasteiger partial charge in [0, 0.05) is 48.1 Å². The van der Waals surface area contributed by atoms with Crippen LogP contribution in [0.25, 0.3) is 21.8 Å². The number of nitrogens with one attached hydrogen (secondary N) is 4. The zero-order valence-electron chi connectivity index (χ0n) is 16.9. The molecule has 0 amide bonds. The quantitative estimate of drug-likeness (QED) is 0.312. The molecule has 4 N–H and O–H groups in total. The van der Waals surface area contributed by atoms with Crippen LogP contribution in [0.4, 0.5) is 11.8 Å². The lowest BCUT2D eigenvalue weighted by molar-refractivity contribution is 0.997. The number of hydrogen-bond donors (Lipinski definition) is 4. The van der Waals surface area contributed by atoms with Gasteiger partial charge in [-0.05, 0) is 60.2 Å². The lowest BCUT2D eigenvalue weighted by atomic mass is 10.1. The molecule has 30 heavy (non-hydrogen) atoms. The monoisotopic (exact) mass is 396 g/mol. The smallest absolute Gasteiger partial charge is 0.224 e. The molecule has 6 heteroatoms. The number of aryl methyl sites for hydroxylation is 1. The van der Waals surface area contributed by atoms with E-state index in [1.165, 1.54) is 33.0 Å². The highest BCUT2D eigenvalue weighted by atomic mass is 15.1.